The Bertz CT molecular complexity index is 957. The van der Waals surface area contributed by atoms with Crippen molar-refractivity contribution in [3.8, 4) is 5.75 Å². The zero-order valence-electron chi connectivity index (χ0n) is 17.4. The van der Waals surface area contributed by atoms with Crippen molar-refractivity contribution in [3.05, 3.63) is 75.2 Å². The lowest BCUT2D eigenvalue weighted by atomic mass is 10.2. The summed E-state index contributed by atoms with van der Waals surface area (Å²) in [7, 11) is 0. The zero-order valence-corrected chi connectivity index (χ0v) is 19.0. The van der Waals surface area contributed by atoms with Gasteiger partial charge in [-0.1, -0.05) is 36.2 Å². The van der Waals surface area contributed by atoms with Gasteiger partial charge in [0.15, 0.2) is 0 Å². The van der Waals surface area contributed by atoms with E-state index in [4.69, 9.17) is 16.3 Å². The van der Waals surface area contributed by atoms with E-state index in [0.29, 0.717) is 18.2 Å². The maximum Gasteiger partial charge on any atom is 0.322 e. The minimum atomic E-state index is -0.125. The summed E-state index contributed by atoms with van der Waals surface area (Å²) in [6.07, 6.45) is 0.859. The van der Waals surface area contributed by atoms with E-state index in [1.165, 1.54) is 11.3 Å². The Morgan fingerprint density at radius 3 is 2.57 bits per heavy atom. The van der Waals surface area contributed by atoms with Gasteiger partial charge in [-0.3, -0.25) is 0 Å². The molecule has 0 aliphatic heterocycles. The topological polar surface area (TPSA) is 54.5 Å². The first-order chi connectivity index (χ1) is 14.4. The van der Waals surface area contributed by atoms with Crippen molar-refractivity contribution in [1.82, 2.24) is 9.88 Å². The van der Waals surface area contributed by atoms with E-state index >= 15 is 0 Å². The molecule has 0 spiro atoms. The van der Waals surface area contributed by atoms with E-state index in [9.17, 15) is 4.79 Å². The van der Waals surface area contributed by atoms with Crippen LogP contribution in [0.5, 0.6) is 5.75 Å². The average molecular weight is 444 g/mol. The first-order valence-corrected chi connectivity index (χ1v) is 11.2. The molecule has 0 saturated carbocycles. The molecule has 2 aromatic carbocycles. The second-order valence-corrected chi connectivity index (χ2v) is 8.54. The number of ether oxygens (including phenoxy) is 1. The first-order valence-electron chi connectivity index (χ1n) is 9.90. The number of nitrogens with one attached hydrogen (secondary N) is 1. The minimum absolute atomic E-state index is 0.0888. The third-order valence-corrected chi connectivity index (χ3v) is 5.92. The second kappa shape index (κ2) is 10.5. The normalized spacial score (nSPS) is 11.7. The predicted octanol–water partition coefficient (Wildman–Crippen LogP) is 6.52. The van der Waals surface area contributed by atoms with Crippen molar-refractivity contribution < 1.29 is 9.53 Å². The van der Waals surface area contributed by atoms with E-state index in [2.05, 4.69) is 17.2 Å². The minimum Gasteiger partial charge on any atom is -0.486 e. The van der Waals surface area contributed by atoms with Gasteiger partial charge in [-0.2, -0.15) is 0 Å². The molecular formula is C23H26ClN3O2S. The molecule has 2 amide bonds. The third-order valence-electron chi connectivity index (χ3n) is 4.79. The highest BCUT2D eigenvalue weighted by Gasteiger charge is 2.20. The van der Waals surface area contributed by atoms with Crippen LogP contribution in [0.1, 0.15) is 36.5 Å². The maximum absolute atomic E-state index is 12.9. The number of hydrogen-bond acceptors (Lipinski definition) is 4. The highest BCUT2D eigenvalue weighted by Crippen LogP contribution is 2.20. The first kappa shape index (κ1) is 22.1. The number of anilines is 1. The standard InChI is InChI=1S/C23H26ClN3O2S/c1-4-17(3)27(23(28)26-19-9-5-16(2)6-10-19)13-20-15-30-22(25-20)14-29-21-11-7-18(24)8-12-21/h5-12,15,17H,4,13-14H2,1-3H3,(H,26,28). The lowest BCUT2D eigenvalue weighted by molar-refractivity contribution is 0.186. The van der Waals surface area contributed by atoms with Gasteiger partial charge in [0.25, 0.3) is 0 Å². The van der Waals surface area contributed by atoms with Crippen LogP contribution in [0.4, 0.5) is 10.5 Å². The maximum atomic E-state index is 12.9. The number of halogens is 1. The van der Waals surface area contributed by atoms with Crippen molar-refractivity contribution >= 4 is 34.7 Å². The Kier molecular flexibility index (Phi) is 7.71. The molecule has 5 nitrogen and oxygen atoms in total. The Labute approximate surface area is 186 Å². The van der Waals surface area contributed by atoms with Crippen molar-refractivity contribution in [2.24, 2.45) is 0 Å². The molecule has 30 heavy (non-hydrogen) atoms. The summed E-state index contributed by atoms with van der Waals surface area (Å²) in [6.45, 7) is 6.97. The van der Waals surface area contributed by atoms with Crippen molar-refractivity contribution in [2.75, 3.05) is 5.32 Å². The predicted molar refractivity (Wildman–Crippen MR) is 123 cm³/mol. The summed E-state index contributed by atoms with van der Waals surface area (Å²) in [5.41, 5.74) is 2.80. The number of carbonyl (C=O) groups is 1. The van der Waals surface area contributed by atoms with Crippen LogP contribution in [0.15, 0.2) is 53.9 Å². The largest absolute Gasteiger partial charge is 0.486 e. The van der Waals surface area contributed by atoms with E-state index in [1.807, 2.05) is 60.5 Å². The Hall–Kier alpha value is -2.57. The van der Waals surface area contributed by atoms with Gasteiger partial charge in [-0.05, 0) is 56.7 Å². The summed E-state index contributed by atoms with van der Waals surface area (Å²) in [5, 5.41) is 6.51. The summed E-state index contributed by atoms with van der Waals surface area (Å²) in [4.78, 5) is 19.4. The number of nitrogens with zero attached hydrogens (tertiary/aromatic N) is 2. The molecule has 3 rings (SSSR count). The number of rotatable bonds is 8. The lowest BCUT2D eigenvalue weighted by Crippen LogP contribution is -2.40. The monoisotopic (exact) mass is 443 g/mol. The number of aromatic nitrogens is 1. The van der Waals surface area contributed by atoms with Crippen molar-refractivity contribution in [1.29, 1.82) is 0 Å². The number of aryl methyl sites for hydroxylation is 1. The lowest BCUT2D eigenvalue weighted by Gasteiger charge is -2.28. The van der Waals surface area contributed by atoms with Crippen LogP contribution in [0, 0.1) is 6.92 Å². The number of thiazole rings is 1. The fraction of sp³-hybridized carbons (Fsp3) is 0.304. The SMILES string of the molecule is CCC(C)N(Cc1csc(COc2ccc(Cl)cc2)n1)C(=O)Nc1ccc(C)cc1. The molecule has 0 aliphatic rings. The fourth-order valence-corrected chi connectivity index (χ4v) is 3.64. The molecule has 0 bridgehead atoms. The van der Waals surface area contributed by atoms with Crippen LogP contribution in [-0.2, 0) is 13.2 Å². The molecule has 1 atom stereocenters. The number of hydrogen-bond donors (Lipinski definition) is 1. The van der Waals surface area contributed by atoms with Crippen molar-refractivity contribution in [3.63, 3.8) is 0 Å². The summed E-state index contributed by atoms with van der Waals surface area (Å²) in [5.74, 6) is 0.745. The summed E-state index contributed by atoms with van der Waals surface area (Å²) >= 11 is 7.43. The molecule has 7 heteroatoms. The quantitative estimate of drug-likeness (QED) is 0.431. The van der Waals surface area contributed by atoms with E-state index < -0.39 is 0 Å². The van der Waals surface area contributed by atoms with Gasteiger partial charge in [0, 0.05) is 22.1 Å². The molecule has 1 N–H and O–H groups in total. The van der Waals surface area contributed by atoms with Gasteiger partial charge in [0.1, 0.15) is 17.4 Å². The van der Waals surface area contributed by atoms with Crippen LogP contribution in [0.25, 0.3) is 0 Å². The molecule has 0 fully saturated rings. The Balaban J connectivity index is 1.62. The van der Waals surface area contributed by atoms with Gasteiger partial charge >= 0.3 is 6.03 Å². The van der Waals surface area contributed by atoms with E-state index in [-0.39, 0.29) is 12.1 Å². The van der Waals surface area contributed by atoms with E-state index in [1.54, 1.807) is 12.1 Å². The smallest absolute Gasteiger partial charge is 0.322 e. The van der Waals surface area contributed by atoms with Crippen molar-refractivity contribution in [2.45, 2.75) is 46.4 Å². The molecule has 3 aromatic rings. The molecule has 0 saturated heterocycles. The highest BCUT2D eigenvalue weighted by atomic mass is 35.5. The van der Waals surface area contributed by atoms with Gasteiger partial charge < -0.3 is 15.0 Å². The summed E-state index contributed by atoms with van der Waals surface area (Å²) in [6, 6.07) is 15.0. The molecule has 0 radical (unpaired) electrons. The summed E-state index contributed by atoms with van der Waals surface area (Å²) < 4.78 is 5.77. The average Bonchev–Trinajstić information content (AvgIpc) is 3.20. The van der Waals surface area contributed by atoms with Crippen LogP contribution < -0.4 is 10.1 Å². The van der Waals surface area contributed by atoms with Gasteiger partial charge in [0.2, 0.25) is 0 Å². The van der Waals surface area contributed by atoms with Gasteiger partial charge in [-0.15, -0.1) is 11.3 Å². The zero-order chi connectivity index (χ0) is 21.5. The molecule has 1 heterocycles. The molecule has 1 unspecified atom stereocenters. The number of urea groups is 1. The van der Waals surface area contributed by atoms with Crippen LogP contribution in [0.2, 0.25) is 5.02 Å². The second-order valence-electron chi connectivity index (χ2n) is 7.16. The van der Waals surface area contributed by atoms with Crippen LogP contribution >= 0.6 is 22.9 Å². The van der Waals surface area contributed by atoms with Gasteiger partial charge in [-0.25, -0.2) is 9.78 Å². The van der Waals surface area contributed by atoms with Crippen LogP contribution in [0.3, 0.4) is 0 Å². The fourth-order valence-electron chi connectivity index (χ4n) is 2.82. The third kappa shape index (κ3) is 6.21. The number of carbonyl (C=O) groups excluding carboxylic acids is 1. The van der Waals surface area contributed by atoms with Gasteiger partial charge in [0.05, 0.1) is 12.2 Å². The molecule has 158 valence electrons. The molecule has 0 aliphatic carbocycles. The van der Waals surface area contributed by atoms with E-state index in [0.717, 1.165) is 34.1 Å². The Morgan fingerprint density at radius 2 is 1.90 bits per heavy atom. The van der Waals surface area contributed by atoms with Crippen LogP contribution in [-0.4, -0.2) is 22.0 Å². The molecular weight excluding hydrogens is 418 g/mol. The highest BCUT2D eigenvalue weighted by molar-refractivity contribution is 7.09. The number of amides is 2. The molecule has 1 aromatic heterocycles. The number of benzene rings is 2. The Morgan fingerprint density at radius 1 is 1.20 bits per heavy atom.